The van der Waals surface area contributed by atoms with Gasteiger partial charge in [0.25, 0.3) is 0 Å². The number of fused-ring (bicyclic) bond motifs is 1. The Labute approximate surface area is 187 Å². The fourth-order valence-corrected chi connectivity index (χ4v) is 4.66. The molecule has 33 heavy (non-hydrogen) atoms. The molecule has 4 heterocycles. The number of nitrogens with zero attached hydrogens (tertiary/aromatic N) is 4. The van der Waals surface area contributed by atoms with Gasteiger partial charge in [-0.05, 0) is 25.7 Å². The first-order valence-corrected chi connectivity index (χ1v) is 10.7. The third-order valence-corrected chi connectivity index (χ3v) is 6.09. The first-order valence-electron chi connectivity index (χ1n) is 9.79. The summed E-state index contributed by atoms with van der Waals surface area (Å²) in [6.07, 6.45) is -5.19. The number of alkyl halides is 6. The van der Waals surface area contributed by atoms with Crippen LogP contribution >= 0.6 is 11.3 Å². The molecule has 188 valence electrons. The first kappa shape index (κ1) is 27.0. The van der Waals surface area contributed by atoms with E-state index in [1.807, 2.05) is 5.51 Å². The highest BCUT2D eigenvalue weighted by Crippen LogP contribution is 2.37. The molecule has 0 bridgehead atoms. The molecule has 0 unspecified atom stereocenters. The summed E-state index contributed by atoms with van der Waals surface area (Å²) in [6, 6.07) is 2.14. The molecular formula is C17H22F6N4O5S. The molecule has 2 atom stereocenters. The van der Waals surface area contributed by atoms with E-state index in [2.05, 4.69) is 20.0 Å². The number of rotatable bonds is 2. The maximum absolute atomic E-state index is 10.6. The monoisotopic (exact) mass is 508 g/mol. The fourth-order valence-electron chi connectivity index (χ4n) is 4.02. The van der Waals surface area contributed by atoms with E-state index < -0.39 is 24.3 Å². The second-order valence-corrected chi connectivity index (χ2v) is 8.13. The normalized spacial score (nSPS) is 23.8. The van der Waals surface area contributed by atoms with Crippen molar-refractivity contribution in [3.05, 3.63) is 5.51 Å². The maximum atomic E-state index is 10.6. The molecule has 9 nitrogen and oxygen atoms in total. The summed E-state index contributed by atoms with van der Waals surface area (Å²) >= 11 is 1.67. The molecule has 0 radical (unpaired) electrons. The second-order valence-electron chi connectivity index (χ2n) is 7.31. The van der Waals surface area contributed by atoms with E-state index in [4.69, 9.17) is 24.5 Å². The predicted molar refractivity (Wildman–Crippen MR) is 102 cm³/mol. The van der Waals surface area contributed by atoms with E-state index in [-0.39, 0.29) is 0 Å². The lowest BCUT2D eigenvalue weighted by atomic mass is 10.0. The fraction of sp³-hybridized carbons (Fsp3) is 0.765. The molecule has 0 spiro atoms. The van der Waals surface area contributed by atoms with Crippen LogP contribution in [0.25, 0.3) is 0 Å². The zero-order valence-electron chi connectivity index (χ0n) is 17.1. The Morgan fingerprint density at radius 1 is 0.939 bits per heavy atom. The quantitative estimate of drug-likeness (QED) is 0.582. The zero-order valence-corrected chi connectivity index (χ0v) is 17.9. The summed E-state index contributed by atoms with van der Waals surface area (Å²) in [5.41, 5.74) is 1.84. The highest BCUT2D eigenvalue weighted by atomic mass is 32.1. The Morgan fingerprint density at radius 2 is 1.45 bits per heavy atom. The van der Waals surface area contributed by atoms with Crippen molar-refractivity contribution in [2.24, 2.45) is 0 Å². The maximum Gasteiger partial charge on any atom is 0.490 e. The lowest BCUT2D eigenvalue weighted by Gasteiger charge is -2.35. The van der Waals surface area contributed by atoms with Crippen LogP contribution in [0.4, 0.5) is 31.5 Å². The number of ether oxygens (including phenoxy) is 1. The van der Waals surface area contributed by atoms with Crippen LogP contribution in [0.5, 0.6) is 0 Å². The molecule has 4 rings (SSSR count). The number of carboxylic acid groups (broad SMARTS) is 2. The van der Waals surface area contributed by atoms with E-state index in [0.29, 0.717) is 6.04 Å². The van der Waals surface area contributed by atoms with Crippen LogP contribution in [0.2, 0.25) is 0 Å². The number of aromatic nitrogens is 2. The van der Waals surface area contributed by atoms with Crippen molar-refractivity contribution in [1.29, 1.82) is 0 Å². The summed E-state index contributed by atoms with van der Waals surface area (Å²) in [4.78, 5) is 23.0. The molecule has 1 aromatic rings. The minimum atomic E-state index is -5.08. The Balaban J connectivity index is 0.000000230. The second kappa shape index (κ2) is 11.3. The Hall–Kier alpha value is -2.20. The number of aliphatic carboxylic acids is 2. The van der Waals surface area contributed by atoms with Gasteiger partial charge in [-0.15, -0.1) is 10.2 Å². The van der Waals surface area contributed by atoms with Gasteiger partial charge in [-0.25, -0.2) is 9.59 Å². The molecular weight excluding hydrogens is 486 g/mol. The van der Waals surface area contributed by atoms with Crippen molar-refractivity contribution in [2.45, 2.75) is 56.2 Å². The van der Waals surface area contributed by atoms with Gasteiger partial charge in [-0.1, -0.05) is 11.3 Å². The van der Waals surface area contributed by atoms with Gasteiger partial charge in [0, 0.05) is 44.4 Å². The summed E-state index contributed by atoms with van der Waals surface area (Å²) in [5.74, 6) is -5.51. The van der Waals surface area contributed by atoms with Crippen LogP contribution in [0.15, 0.2) is 5.51 Å². The van der Waals surface area contributed by atoms with Gasteiger partial charge in [0.2, 0.25) is 5.13 Å². The highest BCUT2D eigenvalue weighted by Gasteiger charge is 2.45. The van der Waals surface area contributed by atoms with E-state index in [1.54, 1.807) is 11.3 Å². The summed E-state index contributed by atoms with van der Waals surface area (Å²) < 4.78 is 69.0. The van der Waals surface area contributed by atoms with E-state index in [1.165, 1.54) is 32.2 Å². The van der Waals surface area contributed by atoms with Crippen LogP contribution in [0.1, 0.15) is 25.7 Å². The van der Waals surface area contributed by atoms with E-state index >= 15 is 0 Å². The van der Waals surface area contributed by atoms with Crippen LogP contribution in [0, 0.1) is 0 Å². The molecule has 3 saturated heterocycles. The highest BCUT2D eigenvalue weighted by molar-refractivity contribution is 7.13. The van der Waals surface area contributed by atoms with Crippen LogP contribution < -0.4 is 4.90 Å². The van der Waals surface area contributed by atoms with E-state index in [9.17, 15) is 26.3 Å². The minimum Gasteiger partial charge on any atom is -0.475 e. The summed E-state index contributed by atoms with van der Waals surface area (Å²) in [6.45, 7) is 4.27. The third kappa shape index (κ3) is 7.67. The summed E-state index contributed by atoms with van der Waals surface area (Å²) in [7, 11) is 0. The van der Waals surface area contributed by atoms with Crippen molar-refractivity contribution in [2.75, 3.05) is 31.2 Å². The Bertz CT molecular complexity index is 749. The van der Waals surface area contributed by atoms with Crippen molar-refractivity contribution < 1.29 is 50.9 Å². The van der Waals surface area contributed by atoms with Gasteiger partial charge in [-0.3, -0.25) is 4.90 Å². The van der Waals surface area contributed by atoms with Gasteiger partial charge in [0.05, 0.1) is 0 Å². The predicted octanol–water partition coefficient (Wildman–Crippen LogP) is 2.64. The molecule has 3 aliphatic rings. The van der Waals surface area contributed by atoms with Crippen molar-refractivity contribution in [1.82, 2.24) is 15.1 Å². The van der Waals surface area contributed by atoms with Gasteiger partial charge in [-0.2, -0.15) is 26.3 Å². The van der Waals surface area contributed by atoms with Crippen LogP contribution in [-0.2, 0) is 14.3 Å². The van der Waals surface area contributed by atoms with E-state index in [0.717, 1.165) is 37.0 Å². The largest absolute Gasteiger partial charge is 0.490 e. The topological polar surface area (TPSA) is 116 Å². The number of anilines is 1. The van der Waals surface area contributed by atoms with Gasteiger partial charge < -0.3 is 19.8 Å². The lowest BCUT2D eigenvalue weighted by molar-refractivity contribution is -0.193. The Morgan fingerprint density at radius 3 is 1.91 bits per heavy atom. The number of hydrogen-bond donors (Lipinski definition) is 2. The zero-order chi connectivity index (χ0) is 24.8. The average molecular weight is 508 g/mol. The number of carboxylic acids is 2. The SMILES string of the molecule is O=C(O)C(F)(F)F.O=C(O)C(F)(F)F.c1nnc(N2CC[C@@H]3[C@@H]2CCN3C2CCOCC2)s1. The molecule has 0 amide bonds. The lowest BCUT2D eigenvalue weighted by Crippen LogP contribution is -2.44. The standard InChI is InChI=1S/C13H20N4OS.2C2HF3O2/c1-5-16(10-3-7-18-8-4-10)11-2-6-17(12(1)11)13-15-14-9-19-13;2*3-2(4,5)1(6)7/h9-12H,1-8H2;2*(H,6,7)/t11-,12+;;/m1../s1. The number of carbonyl (C=O) groups is 2. The number of hydrogen-bond acceptors (Lipinski definition) is 8. The number of halogens is 6. The molecule has 2 N–H and O–H groups in total. The smallest absolute Gasteiger partial charge is 0.475 e. The summed E-state index contributed by atoms with van der Waals surface area (Å²) in [5, 5.41) is 23.6. The molecule has 3 fully saturated rings. The Kier molecular flexibility index (Phi) is 9.25. The molecule has 0 saturated carbocycles. The van der Waals surface area contributed by atoms with Gasteiger partial charge in [0.1, 0.15) is 5.51 Å². The van der Waals surface area contributed by atoms with Crippen LogP contribution in [-0.4, -0.2) is 94.0 Å². The molecule has 16 heteroatoms. The van der Waals surface area contributed by atoms with Crippen LogP contribution in [0.3, 0.4) is 0 Å². The molecule has 3 aliphatic heterocycles. The van der Waals surface area contributed by atoms with Gasteiger partial charge in [0.15, 0.2) is 0 Å². The number of likely N-dealkylation sites (tertiary alicyclic amines) is 1. The molecule has 0 aliphatic carbocycles. The van der Waals surface area contributed by atoms with Crippen molar-refractivity contribution >= 4 is 28.4 Å². The third-order valence-electron chi connectivity index (χ3n) is 5.36. The van der Waals surface area contributed by atoms with Crippen molar-refractivity contribution in [3.63, 3.8) is 0 Å². The van der Waals surface area contributed by atoms with Crippen molar-refractivity contribution in [3.8, 4) is 0 Å². The first-order chi connectivity index (χ1) is 15.3. The molecule has 1 aromatic heterocycles. The average Bonchev–Trinajstić information content (AvgIpc) is 3.46. The molecule has 0 aromatic carbocycles. The van der Waals surface area contributed by atoms with Gasteiger partial charge >= 0.3 is 24.3 Å². The minimum absolute atomic E-state index is 0.663.